The summed E-state index contributed by atoms with van der Waals surface area (Å²) >= 11 is 5.94. The second kappa shape index (κ2) is 4.03. The highest BCUT2D eigenvalue weighted by Crippen LogP contribution is 2.53. The number of hydrogen-bond acceptors (Lipinski definition) is 2. The maximum absolute atomic E-state index is 5.94. The zero-order valence-corrected chi connectivity index (χ0v) is 9.68. The van der Waals surface area contributed by atoms with E-state index in [2.05, 4.69) is 6.07 Å². The molecule has 0 bridgehead atoms. The molecule has 0 heterocycles. The van der Waals surface area contributed by atoms with E-state index in [0.717, 1.165) is 23.7 Å². The van der Waals surface area contributed by atoms with Crippen LogP contribution in [0.3, 0.4) is 0 Å². The van der Waals surface area contributed by atoms with E-state index in [9.17, 15) is 0 Å². The van der Waals surface area contributed by atoms with Crippen LogP contribution in [0.25, 0.3) is 0 Å². The first-order valence-electron chi connectivity index (χ1n) is 5.26. The second-order valence-electron chi connectivity index (χ2n) is 4.16. The van der Waals surface area contributed by atoms with Crippen LogP contribution in [0.15, 0.2) is 18.2 Å². The minimum absolute atomic E-state index is 0.269. The summed E-state index contributed by atoms with van der Waals surface area (Å²) in [6.45, 7) is 0.728. The van der Waals surface area contributed by atoms with E-state index >= 15 is 0 Å². The first-order valence-corrected chi connectivity index (χ1v) is 5.64. The lowest BCUT2D eigenvalue weighted by Gasteiger charge is -2.18. The van der Waals surface area contributed by atoms with Gasteiger partial charge < -0.3 is 10.5 Å². The van der Waals surface area contributed by atoms with Crippen LogP contribution < -0.4 is 10.5 Å². The van der Waals surface area contributed by atoms with Crippen molar-refractivity contribution >= 4 is 11.6 Å². The molecule has 0 aliphatic heterocycles. The zero-order valence-electron chi connectivity index (χ0n) is 8.92. The van der Waals surface area contributed by atoms with Crippen molar-refractivity contribution in [2.75, 3.05) is 13.7 Å². The molecule has 0 unspecified atom stereocenters. The second-order valence-corrected chi connectivity index (χ2v) is 4.60. The van der Waals surface area contributed by atoms with E-state index in [4.69, 9.17) is 22.1 Å². The van der Waals surface area contributed by atoms with Gasteiger partial charge in [0.2, 0.25) is 0 Å². The average molecular weight is 226 g/mol. The van der Waals surface area contributed by atoms with Gasteiger partial charge in [0, 0.05) is 16.0 Å². The van der Waals surface area contributed by atoms with Gasteiger partial charge in [-0.15, -0.1) is 0 Å². The molecule has 3 heteroatoms. The van der Waals surface area contributed by atoms with Crippen molar-refractivity contribution < 1.29 is 4.74 Å². The van der Waals surface area contributed by atoms with Gasteiger partial charge in [0.05, 0.1) is 7.11 Å². The van der Waals surface area contributed by atoms with Gasteiger partial charge in [0.25, 0.3) is 0 Å². The molecule has 0 aromatic heterocycles. The third kappa shape index (κ3) is 1.97. The highest BCUT2D eigenvalue weighted by Gasteiger charge is 2.45. The molecule has 1 aromatic rings. The highest BCUT2D eigenvalue weighted by atomic mass is 35.5. The zero-order chi connectivity index (χ0) is 10.9. The summed E-state index contributed by atoms with van der Waals surface area (Å²) in [5.74, 6) is 0.897. The van der Waals surface area contributed by atoms with Crippen molar-refractivity contribution in [2.24, 2.45) is 5.73 Å². The SMILES string of the molecule is COc1cc(Cl)ccc1C1(CCN)CC1. The van der Waals surface area contributed by atoms with Crippen LogP contribution in [0.5, 0.6) is 5.75 Å². The Morgan fingerprint density at radius 2 is 2.20 bits per heavy atom. The molecule has 1 aliphatic carbocycles. The van der Waals surface area contributed by atoms with E-state index in [1.54, 1.807) is 7.11 Å². The maximum atomic E-state index is 5.94. The molecule has 15 heavy (non-hydrogen) atoms. The molecule has 0 radical (unpaired) electrons. The van der Waals surface area contributed by atoms with Crippen LogP contribution in [0, 0.1) is 0 Å². The standard InChI is InChI=1S/C12H16ClNO/c1-15-11-8-9(13)2-3-10(11)12(4-5-12)6-7-14/h2-3,8H,4-7,14H2,1H3. The molecule has 1 saturated carbocycles. The average Bonchev–Trinajstić information content (AvgIpc) is 2.99. The Balaban J connectivity index is 2.35. The summed E-state index contributed by atoms with van der Waals surface area (Å²) in [4.78, 5) is 0. The summed E-state index contributed by atoms with van der Waals surface area (Å²) in [6, 6.07) is 5.88. The Morgan fingerprint density at radius 1 is 1.47 bits per heavy atom. The van der Waals surface area contributed by atoms with E-state index in [-0.39, 0.29) is 5.41 Å². The van der Waals surface area contributed by atoms with Crippen LogP contribution in [-0.2, 0) is 5.41 Å². The molecule has 0 spiro atoms. The van der Waals surface area contributed by atoms with Gasteiger partial charge in [0.15, 0.2) is 0 Å². The van der Waals surface area contributed by atoms with Gasteiger partial charge in [-0.1, -0.05) is 17.7 Å². The van der Waals surface area contributed by atoms with Crippen LogP contribution >= 0.6 is 11.6 Å². The smallest absolute Gasteiger partial charge is 0.124 e. The fourth-order valence-corrected chi connectivity index (χ4v) is 2.35. The largest absolute Gasteiger partial charge is 0.496 e. The summed E-state index contributed by atoms with van der Waals surface area (Å²) in [7, 11) is 1.69. The fraction of sp³-hybridized carbons (Fsp3) is 0.500. The molecule has 1 aromatic carbocycles. The number of halogens is 1. The first kappa shape index (κ1) is 10.8. The lowest BCUT2D eigenvalue weighted by molar-refractivity contribution is 0.402. The topological polar surface area (TPSA) is 35.2 Å². The molecular formula is C12H16ClNO. The number of methoxy groups -OCH3 is 1. The molecule has 1 fully saturated rings. The first-order chi connectivity index (χ1) is 7.22. The Hall–Kier alpha value is -0.730. The number of rotatable bonds is 4. The number of nitrogens with two attached hydrogens (primary N) is 1. The Morgan fingerprint density at radius 3 is 2.73 bits per heavy atom. The monoisotopic (exact) mass is 225 g/mol. The van der Waals surface area contributed by atoms with Crippen molar-refractivity contribution in [3.05, 3.63) is 28.8 Å². The summed E-state index contributed by atoms with van der Waals surface area (Å²) in [5.41, 5.74) is 7.18. The van der Waals surface area contributed by atoms with E-state index in [0.29, 0.717) is 0 Å². The molecule has 0 atom stereocenters. The molecule has 2 rings (SSSR count). The molecule has 1 aliphatic rings. The summed E-state index contributed by atoms with van der Waals surface area (Å²) in [5, 5.41) is 0.721. The number of hydrogen-bond donors (Lipinski definition) is 1. The predicted octanol–water partition coefficient (Wildman–Crippen LogP) is 2.73. The van der Waals surface area contributed by atoms with Crippen LogP contribution in [0.2, 0.25) is 5.02 Å². The predicted molar refractivity (Wildman–Crippen MR) is 62.6 cm³/mol. The van der Waals surface area contributed by atoms with Gasteiger partial charge in [-0.3, -0.25) is 0 Å². The van der Waals surface area contributed by atoms with E-state index < -0.39 is 0 Å². The van der Waals surface area contributed by atoms with Gasteiger partial charge in [-0.25, -0.2) is 0 Å². The lowest BCUT2D eigenvalue weighted by atomic mass is 9.91. The normalized spacial score (nSPS) is 17.5. The molecule has 0 amide bonds. The Kier molecular flexibility index (Phi) is 2.89. The van der Waals surface area contributed by atoms with Gasteiger partial charge in [-0.2, -0.15) is 0 Å². The van der Waals surface area contributed by atoms with Crippen molar-refractivity contribution in [3.8, 4) is 5.75 Å². The Bertz CT molecular complexity index is 361. The van der Waals surface area contributed by atoms with Gasteiger partial charge >= 0.3 is 0 Å². The van der Waals surface area contributed by atoms with E-state index in [1.807, 2.05) is 12.1 Å². The third-order valence-corrected chi connectivity index (χ3v) is 3.45. The summed E-state index contributed by atoms with van der Waals surface area (Å²) in [6.07, 6.45) is 3.45. The highest BCUT2D eigenvalue weighted by molar-refractivity contribution is 6.30. The molecule has 82 valence electrons. The quantitative estimate of drug-likeness (QED) is 0.855. The molecular weight excluding hydrogens is 210 g/mol. The third-order valence-electron chi connectivity index (χ3n) is 3.21. The van der Waals surface area contributed by atoms with Crippen LogP contribution in [0.4, 0.5) is 0 Å². The molecule has 0 saturated heterocycles. The minimum atomic E-state index is 0.269. The van der Waals surface area contributed by atoms with Crippen LogP contribution in [0.1, 0.15) is 24.8 Å². The lowest BCUT2D eigenvalue weighted by Crippen LogP contribution is -2.14. The fourth-order valence-electron chi connectivity index (χ4n) is 2.18. The van der Waals surface area contributed by atoms with E-state index in [1.165, 1.54) is 18.4 Å². The van der Waals surface area contributed by atoms with Crippen molar-refractivity contribution in [1.29, 1.82) is 0 Å². The van der Waals surface area contributed by atoms with Crippen LogP contribution in [-0.4, -0.2) is 13.7 Å². The van der Waals surface area contributed by atoms with Gasteiger partial charge in [0.1, 0.15) is 5.75 Å². The maximum Gasteiger partial charge on any atom is 0.124 e. The van der Waals surface area contributed by atoms with Gasteiger partial charge in [-0.05, 0) is 37.9 Å². The minimum Gasteiger partial charge on any atom is -0.496 e. The molecule has 2 nitrogen and oxygen atoms in total. The van der Waals surface area contributed by atoms with Crippen molar-refractivity contribution in [2.45, 2.75) is 24.7 Å². The summed E-state index contributed by atoms with van der Waals surface area (Å²) < 4.78 is 5.37. The number of ether oxygens (including phenoxy) is 1. The number of benzene rings is 1. The van der Waals surface area contributed by atoms with Crippen molar-refractivity contribution in [1.82, 2.24) is 0 Å². The van der Waals surface area contributed by atoms with Crippen molar-refractivity contribution in [3.63, 3.8) is 0 Å². The molecule has 2 N–H and O–H groups in total. The Labute approximate surface area is 95.4 Å².